The van der Waals surface area contributed by atoms with Gasteiger partial charge in [0.1, 0.15) is 5.82 Å². The Morgan fingerprint density at radius 2 is 1.86 bits per heavy atom. The summed E-state index contributed by atoms with van der Waals surface area (Å²) in [7, 11) is 0. The fraction of sp³-hybridized carbons (Fsp3) is 0.400. The molecule has 0 N–H and O–H groups in total. The molecular formula is C20H24FN5O2S. The van der Waals surface area contributed by atoms with Gasteiger partial charge >= 0.3 is 0 Å². The number of hydrogen-bond donors (Lipinski definition) is 0. The molecule has 1 saturated heterocycles. The second-order valence-electron chi connectivity index (χ2n) is 6.78. The highest BCUT2D eigenvalue weighted by Crippen LogP contribution is 2.29. The van der Waals surface area contributed by atoms with Gasteiger partial charge in [-0.3, -0.25) is 14.2 Å². The van der Waals surface area contributed by atoms with E-state index in [1.54, 1.807) is 38.6 Å². The Morgan fingerprint density at radius 1 is 1.21 bits per heavy atom. The number of hydrogen-bond acceptors (Lipinski definition) is 5. The van der Waals surface area contributed by atoms with E-state index in [-0.39, 0.29) is 22.9 Å². The number of amides is 2. The highest BCUT2D eigenvalue weighted by atomic mass is 32.2. The molecule has 0 spiro atoms. The van der Waals surface area contributed by atoms with Crippen molar-refractivity contribution in [1.82, 2.24) is 24.6 Å². The number of piperazine rings is 1. The topological polar surface area (TPSA) is 71.3 Å². The van der Waals surface area contributed by atoms with E-state index in [1.807, 2.05) is 6.92 Å². The van der Waals surface area contributed by atoms with Gasteiger partial charge in [-0.15, -0.1) is 16.8 Å². The number of rotatable bonds is 6. The fourth-order valence-electron chi connectivity index (χ4n) is 3.22. The minimum atomic E-state index is -0.389. The number of thioether (sulfide) groups is 1. The second kappa shape index (κ2) is 9.21. The van der Waals surface area contributed by atoms with Crippen LogP contribution in [0.4, 0.5) is 4.39 Å². The van der Waals surface area contributed by atoms with Crippen molar-refractivity contribution in [2.45, 2.75) is 30.8 Å². The van der Waals surface area contributed by atoms with Gasteiger partial charge in [-0.1, -0.05) is 30.0 Å². The van der Waals surface area contributed by atoms with Gasteiger partial charge in [-0.25, -0.2) is 4.39 Å². The van der Waals surface area contributed by atoms with Crippen LogP contribution >= 0.6 is 11.8 Å². The normalized spacial score (nSPS) is 15.3. The molecule has 7 nitrogen and oxygen atoms in total. The van der Waals surface area contributed by atoms with E-state index in [0.717, 1.165) is 0 Å². The molecule has 154 valence electrons. The Balaban J connectivity index is 1.74. The standard InChI is InChI=1S/C20H24FN5O2S/c1-4-9-26-18(16-7-5-6-8-17(16)21)22-23-20(26)29-14(2)19(28)25-12-10-24(11-13-25)15(3)27/h4-8,14H,1,9-13H2,2-3H3. The zero-order valence-electron chi connectivity index (χ0n) is 16.5. The molecule has 1 unspecified atom stereocenters. The molecular weight excluding hydrogens is 393 g/mol. The summed E-state index contributed by atoms with van der Waals surface area (Å²) in [6.07, 6.45) is 1.69. The van der Waals surface area contributed by atoms with Crippen LogP contribution in [-0.2, 0) is 16.1 Å². The van der Waals surface area contributed by atoms with Crippen LogP contribution in [0, 0.1) is 5.82 Å². The number of allylic oxidation sites excluding steroid dienone is 1. The third-order valence-electron chi connectivity index (χ3n) is 4.81. The van der Waals surface area contributed by atoms with Crippen LogP contribution < -0.4 is 0 Å². The second-order valence-corrected chi connectivity index (χ2v) is 8.08. The molecule has 1 aliphatic rings. The van der Waals surface area contributed by atoms with Crippen LogP contribution in [0.2, 0.25) is 0 Å². The van der Waals surface area contributed by atoms with Crippen molar-refractivity contribution in [1.29, 1.82) is 0 Å². The van der Waals surface area contributed by atoms with Gasteiger partial charge in [0.25, 0.3) is 0 Å². The quantitative estimate of drug-likeness (QED) is 0.533. The van der Waals surface area contributed by atoms with Gasteiger partial charge in [-0.2, -0.15) is 0 Å². The molecule has 29 heavy (non-hydrogen) atoms. The molecule has 1 fully saturated rings. The monoisotopic (exact) mass is 417 g/mol. The number of aromatic nitrogens is 3. The van der Waals surface area contributed by atoms with E-state index < -0.39 is 0 Å². The maximum Gasteiger partial charge on any atom is 0.236 e. The molecule has 2 aromatic rings. The highest BCUT2D eigenvalue weighted by Gasteiger charge is 2.28. The number of halogens is 1. The van der Waals surface area contributed by atoms with E-state index in [4.69, 9.17) is 0 Å². The molecule has 0 aliphatic carbocycles. The number of carbonyl (C=O) groups is 2. The minimum Gasteiger partial charge on any atom is -0.339 e. The van der Waals surface area contributed by atoms with Gasteiger partial charge in [0.2, 0.25) is 11.8 Å². The predicted octanol–water partition coefficient (Wildman–Crippen LogP) is 2.44. The van der Waals surface area contributed by atoms with E-state index in [2.05, 4.69) is 16.8 Å². The maximum absolute atomic E-state index is 14.2. The first-order chi connectivity index (χ1) is 13.9. The van der Waals surface area contributed by atoms with Crippen molar-refractivity contribution in [3.63, 3.8) is 0 Å². The number of carbonyl (C=O) groups excluding carboxylic acids is 2. The molecule has 9 heteroatoms. The van der Waals surface area contributed by atoms with Crippen LogP contribution in [0.25, 0.3) is 11.4 Å². The number of benzene rings is 1. The minimum absolute atomic E-state index is 0.0150. The summed E-state index contributed by atoms with van der Waals surface area (Å²) in [5, 5.41) is 8.49. The van der Waals surface area contributed by atoms with Crippen molar-refractivity contribution in [3.8, 4) is 11.4 Å². The van der Waals surface area contributed by atoms with Crippen LogP contribution in [-0.4, -0.2) is 67.8 Å². The van der Waals surface area contributed by atoms with Crippen molar-refractivity contribution in [2.75, 3.05) is 26.2 Å². The average molecular weight is 418 g/mol. The predicted molar refractivity (Wildman–Crippen MR) is 110 cm³/mol. The first-order valence-electron chi connectivity index (χ1n) is 9.42. The van der Waals surface area contributed by atoms with Crippen molar-refractivity contribution in [3.05, 3.63) is 42.7 Å². The van der Waals surface area contributed by atoms with Gasteiger partial charge in [0, 0.05) is 39.6 Å². The zero-order chi connectivity index (χ0) is 21.0. The fourth-order valence-corrected chi connectivity index (χ4v) is 4.16. The van der Waals surface area contributed by atoms with Crippen LogP contribution in [0.1, 0.15) is 13.8 Å². The van der Waals surface area contributed by atoms with Gasteiger partial charge < -0.3 is 9.80 Å². The summed E-state index contributed by atoms with van der Waals surface area (Å²) in [6, 6.07) is 6.39. The van der Waals surface area contributed by atoms with Crippen LogP contribution in [0.5, 0.6) is 0 Å². The van der Waals surface area contributed by atoms with Gasteiger partial charge in [0.05, 0.1) is 10.8 Å². The molecule has 2 heterocycles. The molecule has 0 radical (unpaired) electrons. The lowest BCUT2D eigenvalue weighted by atomic mass is 10.2. The zero-order valence-corrected chi connectivity index (χ0v) is 17.4. The smallest absolute Gasteiger partial charge is 0.236 e. The van der Waals surface area contributed by atoms with Gasteiger partial charge in [0.15, 0.2) is 11.0 Å². The van der Waals surface area contributed by atoms with Crippen LogP contribution in [0.15, 0.2) is 42.1 Å². The lowest BCUT2D eigenvalue weighted by Crippen LogP contribution is -2.51. The Labute approximate surface area is 173 Å². The average Bonchev–Trinajstić information content (AvgIpc) is 3.10. The Hall–Kier alpha value is -2.68. The molecule has 3 rings (SSSR count). The summed E-state index contributed by atoms with van der Waals surface area (Å²) in [5.74, 6) is 0.0333. The van der Waals surface area contributed by atoms with E-state index in [0.29, 0.717) is 49.3 Å². The molecule has 2 amide bonds. The molecule has 1 aliphatic heterocycles. The Bertz CT molecular complexity index is 908. The maximum atomic E-state index is 14.2. The van der Waals surface area contributed by atoms with Crippen LogP contribution in [0.3, 0.4) is 0 Å². The van der Waals surface area contributed by atoms with E-state index >= 15 is 0 Å². The Morgan fingerprint density at radius 3 is 2.48 bits per heavy atom. The molecule has 1 aromatic carbocycles. The molecule has 1 aromatic heterocycles. The van der Waals surface area contributed by atoms with Crippen molar-refractivity contribution < 1.29 is 14.0 Å². The third kappa shape index (κ3) is 4.67. The Kier molecular flexibility index (Phi) is 6.68. The summed E-state index contributed by atoms with van der Waals surface area (Å²) in [6.45, 7) is 9.64. The third-order valence-corrected chi connectivity index (χ3v) is 5.88. The first-order valence-corrected chi connectivity index (χ1v) is 10.3. The van der Waals surface area contributed by atoms with E-state index in [9.17, 15) is 14.0 Å². The van der Waals surface area contributed by atoms with Crippen molar-refractivity contribution >= 4 is 23.6 Å². The lowest BCUT2D eigenvalue weighted by Gasteiger charge is -2.35. The van der Waals surface area contributed by atoms with Crippen molar-refractivity contribution in [2.24, 2.45) is 0 Å². The SMILES string of the molecule is C=CCn1c(SC(C)C(=O)N2CCN(C(C)=O)CC2)nnc1-c1ccccc1F. The number of nitrogens with zero attached hydrogens (tertiary/aromatic N) is 5. The molecule has 0 saturated carbocycles. The van der Waals surface area contributed by atoms with Gasteiger partial charge in [-0.05, 0) is 19.1 Å². The highest BCUT2D eigenvalue weighted by molar-refractivity contribution is 8.00. The summed E-state index contributed by atoms with van der Waals surface area (Å²) in [4.78, 5) is 27.8. The lowest BCUT2D eigenvalue weighted by molar-refractivity contribution is -0.137. The molecule has 1 atom stereocenters. The summed E-state index contributed by atoms with van der Waals surface area (Å²) >= 11 is 1.29. The summed E-state index contributed by atoms with van der Waals surface area (Å²) in [5.41, 5.74) is 0.355. The van der Waals surface area contributed by atoms with E-state index in [1.165, 1.54) is 24.8 Å². The molecule has 0 bridgehead atoms. The summed E-state index contributed by atoms with van der Waals surface area (Å²) < 4.78 is 16.0. The first kappa shape index (κ1) is 21.0. The largest absolute Gasteiger partial charge is 0.339 e.